The molecule has 0 spiro atoms. The fourth-order valence-electron chi connectivity index (χ4n) is 3.96. The first-order chi connectivity index (χ1) is 17.5. The average Bonchev–Trinajstić information content (AvgIpc) is 3.34. The zero-order valence-corrected chi connectivity index (χ0v) is 20.1. The van der Waals surface area contributed by atoms with E-state index in [1.54, 1.807) is 6.08 Å². The Bertz CT molecular complexity index is 1480. The number of carboxylic acids is 1. The Morgan fingerprint density at radius 2 is 1.84 bits per heavy atom. The smallest absolute Gasteiger partial charge is 0.416 e. The van der Waals surface area contributed by atoms with E-state index in [1.807, 2.05) is 43.3 Å². The number of fused-ring (bicyclic) bond motifs is 1. The molecule has 3 aromatic carbocycles. The van der Waals surface area contributed by atoms with E-state index in [0.29, 0.717) is 11.1 Å². The van der Waals surface area contributed by atoms with E-state index in [1.165, 1.54) is 31.5 Å². The molecular formula is C28H25F3N2O4. The van der Waals surface area contributed by atoms with Crippen molar-refractivity contribution in [2.45, 2.75) is 32.1 Å². The number of aliphatic hydroxyl groups excluding tert-OH is 1. The molecule has 3 N–H and O–H groups in total. The van der Waals surface area contributed by atoms with Gasteiger partial charge in [0, 0.05) is 6.54 Å². The lowest BCUT2D eigenvalue weighted by Gasteiger charge is -2.24. The molecular weight excluding hydrogens is 485 g/mol. The van der Waals surface area contributed by atoms with Crippen LogP contribution in [0.15, 0.2) is 65.4 Å². The molecule has 1 heterocycles. The Balaban J connectivity index is 1.67. The number of aliphatic carboxylic acids is 1. The standard InChI is InChI=1S/C28H25F3N2O4/c1-17-19(4-3-5-22(17)20-9-11-24-25(13-20)37-16-32-24)7-8-21-12-18(6-10-23(21)28(29,30)31)14-33-27(2,15-34)26(35)36/h3-13,16,33-34H,14-15H2,1-2H3,(H,35,36)/b8-7+/t27-/m0/s1. The van der Waals surface area contributed by atoms with Gasteiger partial charge in [-0.2, -0.15) is 13.2 Å². The molecule has 0 aliphatic carbocycles. The number of aromatic nitrogens is 1. The normalized spacial score (nSPS) is 13.8. The highest BCUT2D eigenvalue weighted by Gasteiger charge is 2.34. The van der Waals surface area contributed by atoms with Crippen LogP contribution in [0.25, 0.3) is 34.4 Å². The second-order valence-electron chi connectivity index (χ2n) is 8.96. The second kappa shape index (κ2) is 10.2. The fourth-order valence-corrected chi connectivity index (χ4v) is 3.96. The molecule has 0 bridgehead atoms. The summed E-state index contributed by atoms with van der Waals surface area (Å²) in [6.45, 7) is 2.48. The molecule has 4 aromatic rings. The SMILES string of the molecule is Cc1c(/C=C/c2cc(CN[C@@](C)(CO)C(=O)O)ccc2C(F)(F)F)cccc1-c1ccc2ncoc2c1. The number of hydrogen-bond acceptors (Lipinski definition) is 5. The third-order valence-corrected chi connectivity index (χ3v) is 6.35. The minimum Gasteiger partial charge on any atom is -0.480 e. The highest BCUT2D eigenvalue weighted by Crippen LogP contribution is 2.34. The molecule has 6 nitrogen and oxygen atoms in total. The van der Waals surface area contributed by atoms with E-state index < -0.39 is 29.9 Å². The Labute approximate surface area is 211 Å². The minimum absolute atomic E-state index is 0.0407. The van der Waals surface area contributed by atoms with Crippen molar-refractivity contribution in [1.29, 1.82) is 0 Å². The number of nitrogens with zero attached hydrogens (tertiary/aromatic N) is 1. The van der Waals surface area contributed by atoms with Gasteiger partial charge in [0.1, 0.15) is 11.1 Å². The van der Waals surface area contributed by atoms with Crippen molar-refractivity contribution in [3.8, 4) is 11.1 Å². The van der Waals surface area contributed by atoms with E-state index in [-0.39, 0.29) is 12.1 Å². The molecule has 37 heavy (non-hydrogen) atoms. The second-order valence-corrected chi connectivity index (χ2v) is 8.96. The number of rotatable bonds is 8. The van der Waals surface area contributed by atoms with E-state index in [9.17, 15) is 28.2 Å². The van der Waals surface area contributed by atoms with Crippen LogP contribution in [0.1, 0.15) is 34.7 Å². The van der Waals surface area contributed by atoms with Crippen LogP contribution in [0.3, 0.4) is 0 Å². The van der Waals surface area contributed by atoms with Gasteiger partial charge in [0.15, 0.2) is 12.0 Å². The number of carbonyl (C=O) groups is 1. The third kappa shape index (κ3) is 5.58. The molecule has 0 radical (unpaired) electrons. The number of hydrogen-bond donors (Lipinski definition) is 3. The summed E-state index contributed by atoms with van der Waals surface area (Å²) in [5.41, 5.74) is 2.76. The maximum Gasteiger partial charge on any atom is 0.416 e. The van der Waals surface area contributed by atoms with Gasteiger partial charge in [-0.1, -0.05) is 42.5 Å². The molecule has 1 atom stereocenters. The Morgan fingerprint density at radius 3 is 2.54 bits per heavy atom. The number of oxazole rings is 1. The maximum absolute atomic E-state index is 13.7. The monoisotopic (exact) mass is 510 g/mol. The predicted molar refractivity (Wildman–Crippen MR) is 135 cm³/mol. The molecule has 0 saturated heterocycles. The third-order valence-electron chi connectivity index (χ3n) is 6.35. The van der Waals surface area contributed by atoms with Gasteiger partial charge in [-0.3, -0.25) is 10.1 Å². The van der Waals surface area contributed by atoms with Gasteiger partial charge in [-0.15, -0.1) is 0 Å². The maximum atomic E-state index is 13.7. The number of aliphatic hydroxyl groups is 1. The largest absolute Gasteiger partial charge is 0.480 e. The first-order valence-corrected chi connectivity index (χ1v) is 11.4. The van der Waals surface area contributed by atoms with Crippen molar-refractivity contribution in [3.63, 3.8) is 0 Å². The van der Waals surface area contributed by atoms with Crippen LogP contribution in [0.2, 0.25) is 0 Å². The summed E-state index contributed by atoms with van der Waals surface area (Å²) in [7, 11) is 0. The molecule has 1 aromatic heterocycles. The topological polar surface area (TPSA) is 95.6 Å². The highest BCUT2D eigenvalue weighted by molar-refractivity contribution is 5.83. The van der Waals surface area contributed by atoms with Gasteiger partial charge in [-0.05, 0) is 71.5 Å². The first kappa shape index (κ1) is 26.1. The van der Waals surface area contributed by atoms with Crippen molar-refractivity contribution >= 4 is 29.2 Å². The first-order valence-electron chi connectivity index (χ1n) is 11.4. The van der Waals surface area contributed by atoms with Crippen LogP contribution in [0.5, 0.6) is 0 Å². The molecule has 0 aliphatic heterocycles. The summed E-state index contributed by atoms with van der Waals surface area (Å²) in [5.74, 6) is -1.26. The lowest BCUT2D eigenvalue weighted by Crippen LogP contribution is -2.52. The molecule has 192 valence electrons. The van der Waals surface area contributed by atoms with Crippen LogP contribution >= 0.6 is 0 Å². The van der Waals surface area contributed by atoms with Crippen LogP contribution in [0.4, 0.5) is 13.2 Å². The van der Waals surface area contributed by atoms with Crippen molar-refractivity contribution < 1.29 is 32.6 Å². The molecule has 0 saturated carbocycles. The van der Waals surface area contributed by atoms with E-state index in [4.69, 9.17) is 4.42 Å². The molecule has 0 unspecified atom stereocenters. The highest BCUT2D eigenvalue weighted by atomic mass is 19.4. The minimum atomic E-state index is -4.57. The Hall–Kier alpha value is -3.95. The van der Waals surface area contributed by atoms with Crippen LogP contribution in [-0.2, 0) is 17.5 Å². The predicted octanol–water partition coefficient (Wildman–Crippen LogP) is 5.92. The Morgan fingerprint density at radius 1 is 1.08 bits per heavy atom. The van der Waals surface area contributed by atoms with Crippen LogP contribution in [-0.4, -0.2) is 33.3 Å². The average molecular weight is 511 g/mol. The van der Waals surface area contributed by atoms with E-state index >= 15 is 0 Å². The number of carboxylic acid groups (broad SMARTS) is 1. The molecule has 0 amide bonds. The molecule has 9 heteroatoms. The van der Waals surface area contributed by atoms with Crippen molar-refractivity contribution in [2.24, 2.45) is 0 Å². The quantitative estimate of drug-likeness (QED) is 0.255. The van der Waals surface area contributed by atoms with Crippen molar-refractivity contribution in [1.82, 2.24) is 10.3 Å². The number of alkyl halides is 3. The summed E-state index contributed by atoms with van der Waals surface area (Å²) in [6.07, 6.45) is -0.173. The number of halogens is 3. The molecule has 4 rings (SSSR count). The van der Waals surface area contributed by atoms with Gasteiger partial charge in [0.2, 0.25) is 0 Å². The van der Waals surface area contributed by atoms with Crippen molar-refractivity contribution in [3.05, 3.63) is 88.8 Å². The summed E-state index contributed by atoms with van der Waals surface area (Å²) >= 11 is 0. The van der Waals surface area contributed by atoms with E-state index in [0.717, 1.165) is 33.8 Å². The number of nitrogens with one attached hydrogen (secondary N) is 1. The summed E-state index contributed by atoms with van der Waals surface area (Å²) < 4.78 is 46.6. The zero-order chi connectivity index (χ0) is 26.8. The van der Waals surface area contributed by atoms with Gasteiger partial charge in [-0.25, -0.2) is 4.98 Å². The summed E-state index contributed by atoms with van der Waals surface area (Å²) in [5, 5.41) is 21.4. The molecule has 0 aliphatic rings. The summed E-state index contributed by atoms with van der Waals surface area (Å²) in [6, 6.07) is 14.8. The molecule has 0 fully saturated rings. The Kier molecular flexibility index (Phi) is 7.20. The number of benzene rings is 3. The van der Waals surface area contributed by atoms with Gasteiger partial charge >= 0.3 is 12.1 Å². The lowest BCUT2D eigenvalue weighted by molar-refractivity contribution is -0.146. The summed E-state index contributed by atoms with van der Waals surface area (Å²) in [4.78, 5) is 15.5. The van der Waals surface area contributed by atoms with Gasteiger partial charge < -0.3 is 14.6 Å². The zero-order valence-electron chi connectivity index (χ0n) is 20.1. The lowest BCUT2D eigenvalue weighted by atomic mass is 9.95. The van der Waals surface area contributed by atoms with Gasteiger partial charge in [0.25, 0.3) is 0 Å². The van der Waals surface area contributed by atoms with Crippen molar-refractivity contribution in [2.75, 3.05) is 6.61 Å². The van der Waals surface area contributed by atoms with Crippen LogP contribution in [0, 0.1) is 6.92 Å². The van der Waals surface area contributed by atoms with E-state index in [2.05, 4.69) is 10.3 Å². The fraction of sp³-hybridized carbons (Fsp3) is 0.214. The van der Waals surface area contributed by atoms with Crippen LogP contribution < -0.4 is 5.32 Å². The van der Waals surface area contributed by atoms with Gasteiger partial charge in [0.05, 0.1) is 12.2 Å².